The van der Waals surface area contributed by atoms with Gasteiger partial charge in [0.15, 0.2) is 0 Å². The average molecular weight is 301 g/mol. The van der Waals surface area contributed by atoms with Gasteiger partial charge in [-0.15, -0.1) is 11.3 Å². The van der Waals surface area contributed by atoms with E-state index in [0.29, 0.717) is 12.0 Å². The first-order valence-corrected chi connectivity index (χ1v) is 8.41. The first-order valence-electron chi connectivity index (χ1n) is 7.59. The van der Waals surface area contributed by atoms with Crippen LogP contribution in [0.2, 0.25) is 0 Å². The van der Waals surface area contributed by atoms with Crippen LogP contribution in [-0.4, -0.2) is 41.5 Å². The van der Waals surface area contributed by atoms with Crippen LogP contribution in [0.25, 0.3) is 10.2 Å². The van der Waals surface area contributed by atoms with Crippen molar-refractivity contribution in [2.45, 2.75) is 25.8 Å². The Bertz CT molecular complexity index is 688. The Balaban J connectivity index is 1.53. The molecule has 2 bridgehead atoms. The smallest absolute Gasteiger partial charge is 0.251 e. The minimum absolute atomic E-state index is 0.0429. The highest BCUT2D eigenvalue weighted by Crippen LogP contribution is 2.28. The zero-order valence-electron chi connectivity index (χ0n) is 12.1. The summed E-state index contributed by atoms with van der Waals surface area (Å²) in [4.78, 5) is 19.4. The molecule has 5 heteroatoms. The summed E-state index contributed by atoms with van der Waals surface area (Å²) in [5, 5.41) is 4.27. The second-order valence-electron chi connectivity index (χ2n) is 6.13. The van der Waals surface area contributed by atoms with Gasteiger partial charge in [0.2, 0.25) is 0 Å². The van der Waals surface area contributed by atoms with Gasteiger partial charge in [0.1, 0.15) is 0 Å². The molecule has 4 heterocycles. The van der Waals surface area contributed by atoms with Gasteiger partial charge in [-0.05, 0) is 57.0 Å². The van der Waals surface area contributed by atoms with Crippen molar-refractivity contribution in [3.63, 3.8) is 0 Å². The van der Waals surface area contributed by atoms with E-state index < -0.39 is 0 Å². The summed E-state index contributed by atoms with van der Waals surface area (Å²) in [6.07, 6.45) is 2.44. The molecule has 0 aliphatic carbocycles. The standard InChI is InChI=1S/C16H19N3OS/c1-10-17-13-8-12(2-3-15(13)21-10)16(20)18-14-9-19-6-4-11(14)5-7-19/h2-3,8,11,14H,4-7,9H2,1H3,(H,18,20)/t14-/m0/s1. The number of amides is 1. The van der Waals surface area contributed by atoms with E-state index in [1.165, 1.54) is 25.9 Å². The van der Waals surface area contributed by atoms with E-state index in [1.807, 2.05) is 25.1 Å². The maximum atomic E-state index is 12.5. The average Bonchev–Trinajstić information content (AvgIpc) is 2.87. The van der Waals surface area contributed by atoms with Crippen molar-refractivity contribution in [3.05, 3.63) is 28.8 Å². The van der Waals surface area contributed by atoms with Crippen molar-refractivity contribution in [1.29, 1.82) is 0 Å². The lowest BCUT2D eigenvalue weighted by Gasteiger charge is -2.44. The zero-order chi connectivity index (χ0) is 14.4. The Labute approximate surface area is 128 Å². The molecule has 1 atom stereocenters. The van der Waals surface area contributed by atoms with Crippen molar-refractivity contribution in [3.8, 4) is 0 Å². The Morgan fingerprint density at radius 3 is 2.90 bits per heavy atom. The van der Waals surface area contributed by atoms with Gasteiger partial charge in [0.25, 0.3) is 5.91 Å². The highest BCUT2D eigenvalue weighted by molar-refractivity contribution is 7.18. The molecule has 1 amide bonds. The second kappa shape index (κ2) is 5.07. The van der Waals surface area contributed by atoms with Crippen molar-refractivity contribution < 1.29 is 4.79 Å². The number of aromatic nitrogens is 1. The SMILES string of the molecule is Cc1nc2cc(C(=O)N[C@H]3CN4CCC3CC4)ccc2s1. The quantitative estimate of drug-likeness (QED) is 0.926. The zero-order valence-corrected chi connectivity index (χ0v) is 12.9. The van der Waals surface area contributed by atoms with E-state index in [1.54, 1.807) is 11.3 Å². The molecule has 0 unspecified atom stereocenters. The highest BCUT2D eigenvalue weighted by atomic mass is 32.1. The number of rotatable bonds is 2. The van der Waals surface area contributed by atoms with Crippen molar-refractivity contribution in [2.24, 2.45) is 5.92 Å². The number of piperidine rings is 3. The lowest BCUT2D eigenvalue weighted by Crippen LogP contribution is -2.57. The predicted octanol–water partition coefficient (Wildman–Crippen LogP) is 2.43. The molecule has 0 spiro atoms. The van der Waals surface area contributed by atoms with Gasteiger partial charge in [-0.2, -0.15) is 0 Å². The van der Waals surface area contributed by atoms with Crippen molar-refractivity contribution in [2.75, 3.05) is 19.6 Å². The third kappa shape index (κ3) is 2.45. The normalized spacial score (nSPS) is 28.0. The number of fused-ring (bicyclic) bond motifs is 4. The summed E-state index contributed by atoms with van der Waals surface area (Å²) < 4.78 is 1.15. The maximum absolute atomic E-state index is 12.5. The van der Waals surface area contributed by atoms with Gasteiger partial charge in [-0.1, -0.05) is 0 Å². The summed E-state index contributed by atoms with van der Waals surface area (Å²) in [6, 6.07) is 6.14. The molecule has 3 fully saturated rings. The first kappa shape index (κ1) is 13.2. The van der Waals surface area contributed by atoms with Crippen LogP contribution >= 0.6 is 11.3 Å². The summed E-state index contributed by atoms with van der Waals surface area (Å²) >= 11 is 1.67. The molecule has 3 aliphatic rings. The summed E-state index contributed by atoms with van der Waals surface area (Å²) in [7, 11) is 0. The lowest BCUT2D eigenvalue weighted by atomic mass is 9.84. The van der Waals surface area contributed by atoms with Gasteiger partial charge in [-0.25, -0.2) is 4.98 Å². The second-order valence-corrected chi connectivity index (χ2v) is 7.37. The molecule has 1 N–H and O–H groups in total. The first-order chi connectivity index (χ1) is 10.2. The Kier molecular flexibility index (Phi) is 3.19. The van der Waals surface area contributed by atoms with Crippen molar-refractivity contribution in [1.82, 2.24) is 15.2 Å². The fraction of sp³-hybridized carbons (Fsp3) is 0.500. The van der Waals surface area contributed by atoms with Gasteiger partial charge in [-0.3, -0.25) is 4.79 Å². The van der Waals surface area contributed by atoms with Gasteiger partial charge in [0, 0.05) is 18.2 Å². The number of thiazole rings is 1. The third-order valence-corrected chi connectivity index (χ3v) is 5.68. The molecule has 110 valence electrons. The molecule has 2 aromatic rings. The topological polar surface area (TPSA) is 45.2 Å². The minimum atomic E-state index is 0.0429. The minimum Gasteiger partial charge on any atom is -0.348 e. The van der Waals surface area contributed by atoms with E-state index in [4.69, 9.17) is 0 Å². The fourth-order valence-electron chi connectivity index (χ4n) is 3.56. The monoisotopic (exact) mass is 301 g/mol. The van der Waals surface area contributed by atoms with Crippen LogP contribution in [0.4, 0.5) is 0 Å². The molecule has 0 saturated carbocycles. The summed E-state index contributed by atoms with van der Waals surface area (Å²) in [5.74, 6) is 0.700. The van der Waals surface area contributed by atoms with Gasteiger partial charge >= 0.3 is 0 Å². The van der Waals surface area contributed by atoms with Gasteiger partial charge < -0.3 is 10.2 Å². The third-order valence-electron chi connectivity index (χ3n) is 4.73. The van der Waals surface area contributed by atoms with Crippen molar-refractivity contribution >= 4 is 27.5 Å². The van der Waals surface area contributed by atoms with E-state index in [0.717, 1.165) is 27.3 Å². The van der Waals surface area contributed by atoms with Crippen LogP contribution in [0.1, 0.15) is 28.2 Å². The van der Waals surface area contributed by atoms with Crippen LogP contribution in [0.15, 0.2) is 18.2 Å². The number of benzene rings is 1. The van der Waals surface area contributed by atoms with E-state index in [2.05, 4.69) is 15.2 Å². The van der Waals surface area contributed by atoms with E-state index >= 15 is 0 Å². The molecule has 1 aromatic carbocycles. The highest BCUT2D eigenvalue weighted by Gasteiger charge is 2.34. The van der Waals surface area contributed by atoms with Crippen LogP contribution in [-0.2, 0) is 0 Å². The van der Waals surface area contributed by atoms with Crippen LogP contribution in [0, 0.1) is 12.8 Å². The molecular formula is C16H19N3OS. The molecular weight excluding hydrogens is 282 g/mol. The number of carbonyl (C=O) groups excluding carboxylic acids is 1. The van der Waals surface area contributed by atoms with Crippen LogP contribution < -0.4 is 5.32 Å². The molecule has 3 saturated heterocycles. The number of carbonyl (C=O) groups is 1. The molecule has 4 nitrogen and oxygen atoms in total. The number of nitrogens with one attached hydrogen (secondary N) is 1. The van der Waals surface area contributed by atoms with E-state index in [9.17, 15) is 4.79 Å². The molecule has 1 aromatic heterocycles. The molecule has 3 aliphatic heterocycles. The number of hydrogen-bond donors (Lipinski definition) is 1. The Morgan fingerprint density at radius 1 is 1.38 bits per heavy atom. The Hall–Kier alpha value is -1.46. The van der Waals surface area contributed by atoms with Gasteiger partial charge in [0.05, 0.1) is 15.2 Å². The maximum Gasteiger partial charge on any atom is 0.251 e. The number of nitrogens with zero attached hydrogens (tertiary/aromatic N) is 2. The lowest BCUT2D eigenvalue weighted by molar-refractivity contribution is 0.0620. The van der Waals surface area contributed by atoms with Crippen LogP contribution in [0.3, 0.4) is 0 Å². The van der Waals surface area contributed by atoms with E-state index in [-0.39, 0.29) is 5.91 Å². The largest absolute Gasteiger partial charge is 0.348 e. The number of aryl methyl sites for hydroxylation is 1. The van der Waals surface area contributed by atoms with Crippen LogP contribution in [0.5, 0.6) is 0 Å². The molecule has 5 rings (SSSR count). The molecule has 0 radical (unpaired) electrons. The summed E-state index contributed by atoms with van der Waals surface area (Å²) in [5.41, 5.74) is 1.66. The number of hydrogen-bond acceptors (Lipinski definition) is 4. The fourth-order valence-corrected chi connectivity index (χ4v) is 4.37. The Morgan fingerprint density at radius 2 is 2.19 bits per heavy atom. The predicted molar refractivity (Wildman–Crippen MR) is 84.8 cm³/mol. The summed E-state index contributed by atoms with van der Waals surface area (Å²) in [6.45, 7) is 5.40. The molecule has 21 heavy (non-hydrogen) atoms.